The number of nitrogens with two attached hydrogens (primary N) is 1. The van der Waals surface area contributed by atoms with Crippen molar-refractivity contribution in [3.8, 4) is 0 Å². The van der Waals surface area contributed by atoms with E-state index in [0.29, 0.717) is 11.4 Å². The number of aliphatic hydroxyl groups is 1. The van der Waals surface area contributed by atoms with Gasteiger partial charge in [0.15, 0.2) is 5.82 Å². The summed E-state index contributed by atoms with van der Waals surface area (Å²) in [6.45, 7) is 4.84. The maximum atomic E-state index is 12.5. The molecule has 0 spiro atoms. The molecular formula is C20H28ClN5O5S. The second-order valence-electron chi connectivity index (χ2n) is 8.45. The fourth-order valence-electron chi connectivity index (χ4n) is 4.96. The van der Waals surface area contributed by atoms with Gasteiger partial charge in [-0.1, -0.05) is 6.92 Å². The van der Waals surface area contributed by atoms with Gasteiger partial charge in [0.05, 0.1) is 18.1 Å². The Morgan fingerprint density at radius 3 is 2.78 bits per heavy atom. The van der Waals surface area contributed by atoms with Crippen LogP contribution >= 0.6 is 24.2 Å². The molecule has 3 aliphatic rings. The van der Waals surface area contributed by atoms with E-state index in [9.17, 15) is 24.6 Å². The zero-order valence-electron chi connectivity index (χ0n) is 17.8. The van der Waals surface area contributed by atoms with Gasteiger partial charge in [0.1, 0.15) is 5.70 Å². The van der Waals surface area contributed by atoms with Crippen molar-refractivity contribution in [2.75, 3.05) is 6.54 Å². The maximum Gasteiger partial charge on any atom is 0.353 e. The summed E-state index contributed by atoms with van der Waals surface area (Å²) in [5.41, 5.74) is 5.40. The number of carbonyl (C=O) groups is 3. The molecule has 0 aliphatic carbocycles. The van der Waals surface area contributed by atoms with Crippen LogP contribution in [0.1, 0.15) is 37.3 Å². The smallest absolute Gasteiger partial charge is 0.353 e. The van der Waals surface area contributed by atoms with Gasteiger partial charge in [0.25, 0.3) is 5.91 Å². The minimum absolute atomic E-state index is 0. The Morgan fingerprint density at radius 2 is 2.16 bits per heavy atom. The lowest BCUT2D eigenvalue weighted by Crippen LogP contribution is -2.63. The zero-order chi connectivity index (χ0) is 22.4. The van der Waals surface area contributed by atoms with E-state index in [1.165, 1.54) is 16.7 Å². The van der Waals surface area contributed by atoms with E-state index in [-0.39, 0.29) is 53.1 Å². The summed E-state index contributed by atoms with van der Waals surface area (Å²) in [6.07, 6.45) is 4.10. The Balaban J connectivity index is 0.00000289. The highest BCUT2D eigenvalue weighted by atomic mass is 35.5. The average Bonchev–Trinajstić information content (AvgIpc) is 3.38. The lowest BCUT2D eigenvalue weighted by Gasteiger charge is -2.46. The number of β-lactam (4-membered cyclic amide) rings is 1. The zero-order valence-corrected chi connectivity index (χ0v) is 19.4. The summed E-state index contributed by atoms with van der Waals surface area (Å²) in [5, 5.41) is 23.4. The van der Waals surface area contributed by atoms with Crippen LogP contribution in [0.2, 0.25) is 0 Å². The molecule has 0 unspecified atom stereocenters. The first kappa shape index (κ1) is 24.6. The number of imidazole rings is 1. The molecule has 2 amide bonds. The number of fused-ring (bicyclic) bond motifs is 1. The number of nitrogens with zero attached hydrogens (tertiary/aromatic N) is 3. The third-order valence-electron chi connectivity index (χ3n) is 6.44. The summed E-state index contributed by atoms with van der Waals surface area (Å²) in [5.74, 6) is -2.41. The number of aliphatic hydroxyl groups excluding tert-OH is 1. The van der Waals surface area contributed by atoms with Crippen molar-refractivity contribution in [3.05, 3.63) is 28.8 Å². The van der Waals surface area contributed by atoms with E-state index in [1.54, 1.807) is 23.9 Å². The van der Waals surface area contributed by atoms with Crippen molar-refractivity contribution in [1.82, 2.24) is 19.8 Å². The molecule has 1 aromatic heterocycles. The van der Waals surface area contributed by atoms with Crippen LogP contribution in [0.25, 0.3) is 0 Å². The predicted molar refractivity (Wildman–Crippen MR) is 120 cm³/mol. The molecule has 4 rings (SSSR count). The quantitative estimate of drug-likeness (QED) is 0.386. The number of carboxylic acids is 1. The van der Waals surface area contributed by atoms with Crippen molar-refractivity contribution in [3.63, 3.8) is 0 Å². The van der Waals surface area contributed by atoms with E-state index in [4.69, 9.17) is 5.73 Å². The molecule has 4 heterocycles. The summed E-state index contributed by atoms with van der Waals surface area (Å²) >= 11 is 1.53. The number of hydrogen-bond acceptors (Lipinski definition) is 7. The molecule has 0 saturated carbocycles. The Hall–Kier alpha value is -2.08. The third kappa shape index (κ3) is 4.14. The van der Waals surface area contributed by atoms with Crippen molar-refractivity contribution in [2.45, 2.75) is 56.7 Å². The molecule has 32 heavy (non-hydrogen) atoms. The Morgan fingerprint density at radius 1 is 1.44 bits per heavy atom. The Labute approximate surface area is 196 Å². The standard InChI is InChI=1S/C20H27N5O5S.ClH/c1-9-14-13(10(2)26)19(28)25(14)15(20(29)30)16(9)31-12-7-11(23-8-12)3-5-24-6-4-22-18(24)17(21)27;/h4,6,9-14,23,26H,3,5,7-8H2,1-2H3,(H2,21,27)(H,29,30);1H/t9-,10-,11+,12+,13-,14-;/m1./s1. The molecule has 5 N–H and O–H groups in total. The van der Waals surface area contributed by atoms with Crippen molar-refractivity contribution in [1.29, 1.82) is 0 Å². The van der Waals surface area contributed by atoms with Gasteiger partial charge in [0.2, 0.25) is 5.91 Å². The number of thioether (sulfide) groups is 1. The molecule has 0 bridgehead atoms. The van der Waals surface area contributed by atoms with E-state index in [1.807, 2.05) is 6.92 Å². The minimum atomic E-state index is -1.10. The van der Waals surface area contributed by atoms with Crippen molar-refractivity contribution in [2.24, 2.45) is 17.6 Å². The molecule has 10 nitrogen and oxygen atoms in total. The van der Waals surface area contributed by atoms with Crippen LogP contribution < -0.4 is 11.1 Å². The van der Waals surface area contributed by atoms with Crippen LogP contribution in [0, 0.1) is 11.8 Å². The van der Waals surface area contributed by atoms with Crippen LogP contribution in [0.4, 0.5) is 0 Å². The highest BCUT2D eigenvalue weighted by molar-refractivity contribution is 8.03. The first-order chi connectivity index (χ1) is 14.7. The van der Waals surface area contributed by atoms with Gasteiger partial charge in [-0.05, 0) is 19.8 Å². The minimum Gasteiger partial charge on any atom is -0.477 e. The number of aromatic nitrogens is 2. The Bertz CT molecular complexity index is 951. The molecule has 12 heteroatoms. The monoisotopic (exact) mass is 485 g/mol. The predicted octanol–water partition coefficient (Wildman–Crippen LogP) is 0.411. The number of halogens is 1. The molecule has 2 fully saturated rings. The van der Waals surface area contributed by atoms with Gasteiger partial charge in [-0.3, -0.25) is 9.59 Å². The molecule has 1 aromatic rings. The number of hydrogen-bond donors (Lipinski definition) is 4. The van der Waals surface area contributed by atoms with Crippen LogP contribution in [0.3, 0.4) is 0 Å². The molecule has 6 atom stereocenters. The number of rotatable bonds is 8. The fourth-order valence-corrected chi connectivity index (χ4v) is 6.48. The van der Waals surface area contributed by atoms with Gasteiger partial charge in [0, 0.05) is 47.6 Å². The molecule has 176 valence electrons. The summed E-state index contributed by atoms with van der Waals surface area (Å²) < 4.78 is 1.74. The second-order valence-corrected chi connectivity index (χ2v) is 9.79. The number of primary amides is 1. The highest BCUT2D eigenvalue weighted by Crippen LogP contribution is 2.51. The number of carbonyl (C=O) groups excluding carboxylic acids is 2. The fraction of sp³-hybridized carbons (Fsp3) is 0.600. The maximum absolute atomic E-state index is 12.5. The highest BCUT2D eigenvalue weighted by Gasteiger charge is 2.60. The third-order valence-corrected chi connectivity index (χ3v) is 7.95. The van der Waals surface area contributed by atoms with E-state index in [0.717, 1.165) is 19.4 Å². The van der Waals surface area contributed by atoms with Crippen LogP contribution in [0.5, 0.6) is 0 Å². The van der Waals surface area contributed by atoms with Gasteiger partial charge in [-0.25, -0.2) is 9.78 Å². The summed E-state index contributed by atoms with van der Waals surface area (Å²) in [7, 11) is 0. The van der Waals surface area contributed by atoms with Gasteiger partial charge in [-0.2, -0.15) is 0 Å². The normalized spacial score (nSPS) is 30.0. The van der Waals surface area contributed by atoms with Gasteiger partial charge < -0.3 is 30.7 Å². The lowest BCUT2D eigenvalue weighted by atomic mass is 9.79. The first-order valence-electron chi connectivity index (χ1n) is 10.4. The van der Waals surface area contributed by atoms with E-state index in [2.05, 4.69) is 10.3 Å². The molecule has 2 saturated heterocycles. The van der Waals surface area contributed by atoms with E-state index < -0.39 is 23.9 Å². The lowest BCUT2D eigenvalue weighted by molar-refractivity contribution is -0.163. The SMILES string of the molecule is C[C@@H](O)[C@H]1C(=O)N2C(C(=O)O)=C(S[C@@H]3CN[C@@H](CCn4ccnc4C(N)=O)C3)[C@H](C)[C@H]12.Cl. The van der Waals surface area contributed by atoms with Gasteiger partial charge >= 0.3 is 5.97 Å². The molecule has 3 aliphatic heterocycles. The van der Waals surface area contributed by atoms with Crippen molar-refractivity contribution >= 4 is 42.0 Å². The van der Waals surface area contributed by atoms with Gasteiger partial charge in [-0.15, -0.1) is 24.2 Å². The molecule has 0 aromatic carbocycles. The summed E-state index contributed by atoms with van der Waals surface area (Å²) in [4.78, 5) is 41.9. The largest absolute Gasteiger partial charge is 0.477 e. The molecule has 0 radical (unpaired) electrons. The number of carboxylic acid groups (broad SMARTS) is 1. The Kier molecular flexibility index (Phi) is 7.23. The van der Waals surface area contributed by atoms with Crippen molar-refractivity contribution < 1.29 is 24.6 Å². The van der Waals surface area contributed by atoms with Crippen LogP contribution in [-0.4, -0.2) is 72.4 Å². The number of aliphatic carboxylic acids is 1. The number of aryl methyl sites for hydroxylation is 1. The second kappa shape index (κ2) is 9.42. The topological polar surface area (TPSA) is 151 Å². The summed E-state index contributed by atoms with van der Waals surface area (Å²) in [6, 6.07) is -0.0743. The number of nitrogens with one attached hydrogen (secondary N) is 1. The van der Waals surface area contributed by atoms with E-state index >= 15 is 0 Å². The molecular weight excluding hydrogens is 458 g/mol. The average molecular weight is 486 g/mol. The number of amides is 2. The first-order valence-corrected chi connectivity index (χ1v) is 11.3. The van der Waals surface area contributed by atoms with Crippen LogP contribution in [0.15, 0.2) is 23.0 Å². The van der Waals surface area contributed by atoms with Crippen LogP contribution in [-0.2, 0) is 16.1 Å².